The van der Waals surface area contributed by atoms with Gasteiger partial charge in [0.05, 0.1) is 0 Å². The summed E-state index contributed by atoms with van der Waals surface area (Å²) in [5, 5.41) is 0. The number of nitrogens with zero attached hydrogens (tertiary/aromatic N) is 1. The molecule has 0 aliphatic carbocycles. The highest BCUT2D eigenvalue weighted by Crippen LogP contribution is 2.13. The van der Waals surface area contributed by atoms with Gasteiger partial charge >= 0.3 is 0 Å². The van der Waals surface area contributed by atoms with Gasteiger partial charge in [-0.05, 0) is 25.7 Å². The van der Waals surface area contributed by atoms with Gasteiger partial charge < -0.3 is 0 Å². The monoisotopic (exact) mass is 331 g/mol. The summed E-state index contributed by atoms with van der Waals surface area (Å²) >= 11 is 0. The maximum atomic E-state index is 10.8. The lowest BCUT2D eigenvalue weighted by Gasteiger charge is -2.06. The molecule has 0 amide bonds. The number of rotatable bonds is 16. The molecule has 0 fully saturated rings. The van der Waals surface area contributed by atoms with Crippen LogP contribution in [-0.2, 0) is 10.9 Å². The van der Waals surface area contributed by atoms with Crippen LogP contribution in [0.5, 0.6) is 0 Å². The van der Waals surface area contributed by atoms with E-state index in [9.17, 15) is 8.42 Å². The molecule has 0 saturated carbocycles. The Hall–Kier alpha value is -0.380. The van der Waals surface area contributed by atoms with Crippen molar-refractivity contribution in [1.29, 1.82) is 0 Å². The summed E-state index contributed by atoms with van der Waals surface area (Å²) in [7, 11) is -2.61. The standard InChI is InChI=1S/C18H37NO2S/c1-3-5-7-9-11-13-15-17-18(19-22(20)21)16-14-12-10-8-6-4-2/h22H,3-17H2,1-2H3. The topological polar surface area (TPSA) is 46.5 Å². The van der Waals surface area contributed by atoms with E-state index in [1.54, 1.807) is 0 Å². The fourth-order valence-electron chi connectivity index (χ4n) is 2.74. The predicted molar refractivity (Wildman–Crippen MR) is 98.4 cm³/mol. The van der Waals surface area contributed by atoms with Crippen LogP contribution in [0.3, 0.4) is 0 Å². The first-order chi connectivity index (χ1) is 10.7. The zero-order valence-electron chi connectivity index (χ0n) is 14.8. The Morgan fingerprint density at radius 2 is 1.00 bits per heavy atom. The van der Waals surface area contributed by atoms with Crippen molar-refractivity contribution in [1.82, 2.24) is 0 Å². The van der Waals surface area contributed by atoms with Gasteiger partial charge in [-0.1, -0.05) is 84.5 Å². The highest BCUT2D eigenvalue weighted by molar-refractivity contribution is 7.71. The van der Waals surface area contributed by atoms with Gasteiger partial charge in [0.2, 0.25) is 10.9 Å². The van der Waals surface area contributed by atoms with Crippen molar-refractivity contribution in [2.75, 3.05) is 0 Å². The first-order valence-corrected chi connectivity index (χ1v) is 10.5. The zero-order valence-corrected chi connectivity index (χ0v) is 15.7. The van der Waals surface area contributed by atoms with E-state index in [0.29, 0.717) is 0 Å². The lowest BCUT2D eigenvalue weighted by atomic mass is 10.0. The van der Waals surface area contributed by atoms with Gasteiger partial charge in [0.1, 0.15) is 0 Å². The van der Waals surface area contributed by atoms with Gasteiger partial charge in [0.25, 0.3) is 0 Å². The Labute approximate surface area is 140 Å². The first kappa shape index (κ1) is 21.6. The van der Waals surface area contributed by atoms with Gasteiger partial charge in [-0.15, -0.1) is 0 Å². The third-order valence-electron chi connectivity index (χ3n) is 4.11. The fraction of sp³-hybridized carbons (Fsp3) is 0.944. The van der Waals surface area contributed by atoms with Crippen molar-refractivity contribution in [2.45, 2.75) is 110 Å². The van der Waals surface area contributed by atoms with Crippen LogP contribution < -0.4 is 0 Å². The maximum Gasteiger partial charge on any atom is 0.242 e. The number of hydrogen-bond donors (Lipinski definition) is 1. The Balaban J connectivity index is 3.76. The number of thiol groups is 1. The highest BCUT2D eigenvalue weighted by Gasteiger charge is 2.02. The molecular formula is C18H37NO2S. The molecule has 0 bridgehead atoms. The third kappa shape index (κ3) is 16.0. The van der Waals surface area contributed by atoms with Gasteiger partial charge in [0, 0.05) is 5.71 Å². The molecule has 132 valence electrons. The Morgan fingerprint density at radius 3 is 1.36 bits per heavy atom. The van der Waals surface area contributed by atoms with E-state index < -0.39 is 10.9 Å². The first-order valence-electron chi connectivity index (χ1n) is 9.41. The van der Waals surface area contributed by atoms with Crippen LogP contribution >= 0.6 is 0 Å². The second kappa shape index (κ2) is 17.0. The predicted octanol–water partition coefficient (Wildman–Crippen LogP) is 5.85. The van der Waals surface area contributed by atoms with Crippen LogP contribution in [0.15, 0.2) is 4.40 Å². The van der Waals surface area contributed by atoms with Crippen LogP contribution in [0.1, 0.15) is 110 Å². The van der Waals surface area contributed by atoms with E-state index >= 15 is 0 Å². The Kier molecular flexibility index (Phi) is 16.7. The summed E-state index contributed by atoms with van der Waals surface area (Å²) in [5.74, 6) is 0. The molecule has 0 aromatic heterocycles. The van der Waals surface area contributed by atoms with Crippen molar-refractivity contribution in [2.24, 2.45) is 4.40 Å². The van der Waals surface area contributed by atoms with E-state index in [-0.39, 0.29) is 0 Å². The normalized spacial score (nSPS) is 12.2. The van der Waals surface area contributed by atoms with Gasteiger partial charge in [-0.3, -0.25) is 0 Å². The Bertz CT molecular complexity index is 330. The van der Waals surface area contributed by atoms with E-state index in [0.717, 1.165) is 31.4 Å². The minimum Gasteiger partial charge on any atom is -0.208 e. The van der Waals surface area contributed by atoms with Crippen LogP contribution in [-0.4, -0.2) is 14.1 Å². The molecule has 22 heavy (non-hydrogen) atoms. The van der Waals surface area contributed by atoms with Gasteiger partial charge in [-0.25, -0.2) is 8.42 Å². The van der Waals surface area contributed by atoms with Crippen molar-refractivity contribution in [3.05, 3.63) is 0 Å². The average Bonchev–Trinajstić information content (AvgIpc) is 2.49. The minimum absolute atomic E-state index is 0.866. The molecule has 0 saturated heterocycles. The molecule has 0 heterocycles. The van der Waals surface area contributed by atoms with Gasteiger partial charge in [0.15, 0.2) is 0 Å². The molecule has 0 rings (SSSR count). The van der Waals surface area contributed by atoms with Crippen molar-refractivity contribution >= 4 is 16.6 Å². The maximum absolute atomic E-state index is 10.8. The third-order valence-corrected chi connectivity index (χ3v) is 4.56. The lowest BCUT2D eigenvalue weighted by Crippen LogP contribution is -2.00. The number of hydrogen-bond acceptors (Lipinski definition) is 2. The molecule has 0 aromatic rings. The molecule has 0 aliphatic rings. The van der Waals surface area contributed by atoms with Crippen molar-refractivity contribution in [3.63, 3.8) is 0 Å². The molecule has 0 atom stereocenters. The van der Waals surface area contributed by atoms with E-state index in [1.165, 1.54) is 70.6 Å². The van der Waals surface area contributed by atoms with Crippen LogP contribution in [0, 0.1) is 0 Å². The lowest BCUT2D eigenvalue weighted by molar-refractivity contribution is 0.591. The summed E-state index contributed by atoms with van der Waals surface area (Å²) in [4.78, 5) is 0. The van der Waals surface area contributed by atoms with E-state index in [1.807, 2.05) is 0 Å². The second-order valence-corrected chi connectivity index (χ2v) is 6.97. The molecule has 0 aliphatic heterocycles. The fourth-order valence-corrected chi connectivity index (χ4v) is 3.17. The minimum atomic E-state index is -2.61. The van der Waals surface area contributed by atoms with E-state index in [4.69, 9.17) is 0 Å². The summed E-state index contributed by atoms with van der Waals surface area (Å²) in [6.07, 6.45) is 18.0. The molecule has 0 unspecified atom stereocenters. The second-order valence-electron chi connectivity index (χ2n) is 6.29. The SMILES string of the molecule is CCCCCCCCCC(CCCCCCCC)=N[SH](=O)=O. The molecule has 0 N–H and O–H groups in total. The van der Waals surface area contributed by atoms with Crippen LogP contribution in [0.2, 0.25) is 0 Å². The van der Waals surface area contributed by atoms with E-state index in [2.05, 4.69) is 18.2 Å². The molecule has 0 radical (unpaired) electrons. The largest absolute Gasteiger partial charge is 0.242 e. The molecular weight excluding hydrogens is 294 g/mol. The van der Waals surface area contributed by atoms with Crippen LogP contribution in [0.4, 0.5) is 0 Å². The summed E-state index contributed by atoms with van der Waals surface area (Å²) in [5.41, 5.74) is 0.903. The molecule has 0 spiro atoms. The quantitative estimate of drug-likeness (QED) is 0.219. The summed E-state index contributed by atoms with van der Waals surface area (Å²) in [6.45, 7) is 4.45. The van der Waals surface area contributed by atoms with Gasteiger partial charge in [-0.2, -0.15) is 4.40 Å². The van der Waals surface area contributed by atoms with Crippen molar-refractivity contribution < 1.29 is 8.42 Å². The molecule has 0 aromatic carbocycles. The summed E-state index contributed by atoms with van der Waals surface area (Å²) in [6, 6.07) is 0. The smallest absolute Gasteiger partial charge is 0.208 e. The van der Waals surface area contributed by atoms with Crippen molar-refractivity contribution in [3.8, 4) is 0 Å². The highest BCUT2D eigenvalue weighted by atomic mass is 32.2. The average molecular weight is 332 g/mol. The zero-order chi connectivity index (χ0) is 16.5. The molecule has 4 heteroatoms. The summed E-state index contributed by atoms with van der Waals surface area (Å²) < 4.78 is 25.5. The number of unbranched alkanes of at least 4 members (excludes halogenated alkanes) is 11. The van der Waals surface area contributed by atoms with Crippen LogP contribution in [0.25, 0.3) is 0 Å². The Morgan fingerprint density at radius 1 is 0.636 bits per heavy atom. The molecule has 3 nitrogen and oxygen atoms in total.